The molecule has 0 saturated heterocycles. The van der Waals surface area contributed by atoms with E-state index >= 15 is 0 Å². The molecule has 1 amide bonds. The smallest absolute Gasteiger partial charge is 0.225 e. The number of para-hydroxylation sites is 2. The Morgan fingerprint density at radius 2 is 1.80 bits per heavy atom. The summed E-state index contributed by atoms with van der Waals surface area (Å²) in [4.78, 5) is 12.8. The second kappa shape index (κ2) is 7.03. The monoisotopic (exact) mass is 407 g/mol. The molecular formula is C24H29N3O3. The molecule has 0 spiro atoms. The Morgan fingerprint density at radius 1 is 1.10 bits per heavy atom. The van der Waals surface area contributed by atoms with Crippen LogP contribution in [0.5, 0.6) is 11.5 Å². The third-order valence-electron chi connectivity index (χ3n) is 7.58. The maximum Gasteiger partial charge on any atom is 0.225 e. The van der Waals surface area contributed by atoms with Gasteiger partial charge in [0.1, 0.15) is 6.61 Å². The Bertz CT molecular complexity index is 917. The fourth-order valence-corrected chi connectivity index (χ4v) is 6.94. The van der Waals surface area contributed by atoms with Crippen LogP contribution >= 0.6 is 0 Å². The molecule has 1 aliphatic heterocycles. The van der Waals surface area contributed by atoms with Crippen LogP contribution in [0.25, 0.3) is 0 Å². The second-order valence-corrected chi connectivity index (χ2v) is 10.1. The van der Waals surface area contributed by atoms with E-state index in [4.69, 9.17) is 9.47 Å². The number of amides is 1. The maximum atomic E-state index is 12.8. The lowest BCUT2D eigenvalue weighted by Gasteiger charge is -2.56. The van der Waals surface area contributed by atoms with Crippen molar-refractivity contribution in [2.75, 3.05) is 11.9 Å². The van der Waals surface area contributed by atoms with Crippen LogP contribution in [0.15, 0.2) is 36.7 Å². The van der Waals surface area contributed by atoms with Gasteiger partial charge in [0.25, 0.3) is 0 Å². The van der Waals surface area contributed by atoms with Crippen LogP contribution < -0.4 is 14.8 Å². The molecule has 6 heteroatoms. The Labute approximate surface area is 176 Å². The van der Waals surface area contributed by atoms with Gasteiger partial charge in [-0.3, -0.25) is 9.48 Å². The average Bonchev–Trinajstić information content (AvgIpc) is 3.13. The Hall–Kier alpha value is -2.50. The zero-order valence-electron chi connectivity index (χ0n) is 17.3. The predicted octanol–water partition coefficient (Wildman–Crippen LogP) is 4.27. The second-order valence-electron chi connectivity index (χ2n) is 10.1. The lowest BCUT2D eigenvalue weighted by Crippen LogP contribution is -2.47. The number of ether oxygens (including phenoxy) is 2. The molecule has 5 aliphatic rings. The molecule has 4 aliphatic carbocycles. The summed E-state index contributed by atoms with van der Waals surface area (Å²) >= 11 is 0. The van der Waals surface area contributed by atoms with E-state index in [-0.39, 0.29) is 17.4 Å². The van der Waals surface area contributed by atoms with Crippen molar-refractivity contribution in [3.63, 3.8) is 0 Å². The summed E-state index contributed by atoms with van der Waals surface area (Å²) in [5.41, 5.74) is 1.03. The lowest BCUT2D eigenvalue weighted by molar-refractivity contribution is -0.124. The molecule has 7 rings (SSSR count). The van der Waals surface area contributed by atoms with E-state index in [2.05, 4.69) is 10.4 Å². The van der Waals surface area contributed by atoms with Crippen LogP contribution in [0.3, 0.4) is 0 Å². The number of hydrogen-bond acceptors (Lipinski definition) is 4. The molecule has 1 N–H and O–H groups in total. The Kier molecular flexibility index (Phi) is 4.29. The van der Waals surface area contributed by atoms with Crippen molar-refractivity contribution in [3.05, 3.63) is 36.7 Å². The molecule has 1 aromatic carbocycles. The van der Waals surface area contributed by atoms with Crippen LogP contribution in [0, 0.1) is 23.2 Å². The van der Waals surface area contributed by atoms with Gasteiger partial charge in [0, 0.05) is 12.6 Å². The van der Waals surface area contributed by atoms with Gasteiger partial charge >= 0.3 is 0 Å². The molecule has 1 atom stereocenters. The number of rotatable bonds is 5. The molecule has 158 valence electrons. The highest BCUT2D eigenvalue weighted by molar-refractivity contribution is 5.90. The number of nitrogens with one attached hydrogen (secondary N) is 1. The van der Waals surface area contributed by atoms with Gasteiger partial charge in [-0.1, -0.05) is 12.1 Å². The quantitative estimate of drug-likeness (QED) is 0.804. The summed E-state index contributed by atoms with van der Waals surface area (Å²) in [6.07, 6.45) is 12.2. The lowest BCUT2D eigenvalue weighted by atomic mass is 9.49. The fraction of sp³-hybridized carbons (Fsp3) is 0.583. The van der Waals surface area contributed by atoms with E-state index < -0.39 is 0 Å². The van der Waals surface area contributed by atoms with Gasteiger partial charge in [-0.05, 0) is 73.8 Å². The van der Waals surface area contributed by atoms with Gasteiger partial charge in [0.15, 0.2) is 17.6 Å². The predicted molar refractivity (Wildman–Crippen MR) is 112 cm³/mol. The van der Waals surface area contributed by atoms with Crippen molar-refractivity contribution in [1.29, 1.82) is 0 Å². The van der Waals surface area contributed by atoms with Gasteiger partial charge in [-0.15, -0.1) is 0 Å². The number of hydrogen-bond donors (Lipinski definition) is 1. The topological polar surface area (TPSA) is 65.4 Å². The minimum atomic E-state index is -0.102. The summed E-state index contributed by atoms with van der Waals surface area (Å²) in [5.74, 6) is 4.30. The standard InChI is InChI=1S/C24H29N3O3/c28-23(11-24-8-16-5-17(9-24)7-18(6-16)10-24)26-19-12-25-27(13-19)14-20-15-29-21-3-1-2-4-22(21)30-20/h1-4,12-13,16-18,20H,5-11,14-15H2,(H,26,28). The van der Waals surface area contributed by atoms with Crippen molar-refractivity contribution in [2.24, 2.45) is 23.2 Å². The zero-order valence-corrected chi connectivity index (χ0v) is 17.3. The van der Waals surface area contributed by atoms with Crippen LogP contribution in [-0.4, -0.2) is 28.4 Å². The highest BCUT2D eigenvalue weighted by atomic mass is 16.6. The molecular weight excluding hydrogens is 378 g/mol. The number of anilines is 1. The van der Waals surface area contributed by atoms with E-state index in [1.807, 2.05) is 35.1 Å². The van der Waals surface area contributed by atoms with Crippen LogP contribution in [0.2, 0.25) is 0 Å². The van der Waals surface area contributed by atoms with E-state index in [0.717, 1.165) is 34.9 Å². The van der Waals surface area contributed by atoms with Crippen LogP contribution in [-0.2, 0) is 11.3 Å². The summed E-state index contributed by atoms with van der Waals surface area (Å²) in [6, 6.07) is 7.71. The summed E-state index contributed by atoms with van der Waals surface area (Å²) in [7, 11) is 0. The van der Waals surface area contributed by atoms with Gasteiger partial charge in [-0.2, -0.15) is 5.10 Å². The van der Waals surface area contributed by atoms with E-state index in [0.29, 0.717) is 19.6 Å². The SMILES string of the molecule is O=C(CC12CC3CC(CC(C3)C1)C2)Nc1cnn(CC2COc3ccccc3O2)c1. The largest absolute Gasteiger partial charge is 0.486 e. The number of aromatic nitrogens is 2. The van der Waals surface area contributed by atoms with Crippen LogP contribution in [0.1, 0.15) is 44.9 Å². The van der Waals surface area contributed by atoms with E-state index in [1.54, 1.807) is 6.20 Å². The van der Waals surface area contributed by atoms with Crippen molar-refractivity contribution in [3.8, 4) is 11.5 Å². The van der Waals surface area contributed by atoms with E-state index in [9.17, 15) is 4.79 Å². The number of nitrogens with zero attached hydrogens (tertiary/aromatic N) is 2. The summed E-state index contributed by atoms with van der Waals surface area (Å²) in [6.45, 7) is 1.07. The number of carbonyl (C=O) groups is 1. The van der Waals surface area contributed by atoms with E-state index in [1.165, 1.54) is 38.5 Å². The average molecular weight is 408 g/mol. The molecule has 1 aromatic heterocycles. The van der Waals surface area contributed by atoms with Gasteiger partial charge in [-0.25, -0.2) is 0 Å². The van der Waals surface area contributed by atoms with Crippen molar-refractivity contribution in [2.45, 2.75) is 57.6 Å². The number of benzene rings is 1. The molecule has 4 saturated carbocycles. The molecule has 4 fully saturated rings. The summed E-state index contributed by atoms with van der Waals surface area (Å²) < 4.78 is 13.6. The minimum absolute atomic E-state index is 0.102. The molecule has 4 bridgehead atoms. The minimum Gasteiger partial charge on any atom is -0.486 e. The molecule has 1 unspecified atom stereocenters. The van der Waals surface area contributed by atoms with Gasteiger partial charge < -0.3 is 14.8 Å². The normalized spacial score (nSPS) is 33.5. The highest BCUT2D eigenvalue weighted by Crippen LogP contribution is 2.61. The molecule has 30 heavy (non-hydrogen) atoms. The number of carbonyl (C=O) groups excluding carboxylic acids is 1. The first-order chi connectivity index (χ1) is 14.6. The summed E-state index contributed by atoms with van der Waals surface area (Å²) in [5, 5.41) is 7.51. The molecule has 2 aromatic rings. The van der Waals surface area contributed by atoms with Crippen molar-refractivity contribution >= 4 is 11.6 Å². The Morgan fingerprint density at radius 3 is 2.53 bits per heavy atom. The first-order valence-corrected chi connectivity index (χ1v) is 11.3. The zero-order chi connectivity index (χ0) is 20.1. The molecule has 6 nitrogen and oxygen atoms in total. The van der Waals surface area contributed by atoms with Crippen molar-refractivity contribution in [1.82, 2.24) is 9.78 Å². The highest BCUT2D eigenvalue weighted by Gasteiger charge is 2.51. The first kappa shape index (κ1) is 18.3. The van der Waals surface area contributed by atoms with Gasteiger partial charge in [0.05, 0.1) is 18.4 Å². The van der Waals surface area contributed by atoms with Gasteiger partial charge in [0.2, 0.25) is 5.91 Å². The third kappa shape index (κ3) is 3.46. The third-order valence-corrected chi connectivity index (χ3v) is 7.58. The van der Waals surface area contributed by atoms with Crippen LogP contribution in [0.4, 0.5) is 5.69 Å². The fourth-order valence-electron chi connectivity index (χ4n) is 6.94. The maximum absolute atomic E-state index is 12.8. The van der Waals surface area contributed by atoms with Crippen molar-refractivity contribution < 1.29 is 14.3 Å². The number of fused-ring (bicyclic) bond motifs is 1. The Balaban J connectivity index is 1.06. The molecule has 0 radical (unpaired) electrons. The first-order valence-electron chi connectivity index (χ1n) is 11.3. The molecule has 2 heterocycles.